The number of ether oxygens (including phenoxy) is 9. The van der Waals surface area contributed by atoms with Gasteiger partial charge < -0.3 is 53.1 Å². The number of hydrogen-bond donors (Lipinski definition) is 2. The van der Waals surface area contributed by atoms with Crippen molar-refractivity contribution in [2.45, 2.75) is 45.6 Å². The van der Waals surface area contributed by atoms with Gasteiger partial charge in [0.15, 0.2) is 0 Å². The first-order chi connectivity index (χ1) is 19.7. The maximum Gasteiger partial charge on any atom is 0.332 e. The summed E-state index contributed by atoms with van der Waals surface area (Å²) in [5.41, 5.74) is -0.517. The minimum absolute atomic E-state index is 0.0124. The second-order valence-corrected chi connectivity index (χ2v) is 9.52. The Hall–Kier alpha value is -1.91. The third-order valence-electron chi connectivity index (χ3n) is 4.60. The van der Waals surface area contributed by atoms with Crippen LogP contribution in [0.5, 0.6) is 0 Å². The molecule has 0 fully saturated rings. The van der Waals surface area contributed by atoms with E-state index in [0.29, 0.717) is 112 Å². The molecule has 0 rings (SSSR count). The standard InChI is InChI=1S/C27H51NO13/c1-27(2,3)41-26(32)23-40-22-21-39-20-19-38-18-17-37-16-15-36-14-13-35-12-11-34-10-9-33-8-4-7-28-24(29)5-6-25(30)31/h4-23H2,1-3H3,(H,28,29)(H,30,31). The van der Waals surface area contributed by atoms with E-state index >= 15 is 0 Å². The first kappa shape index (κ1) is 39.1. The molecule has 242 valence electrons. The molecule has 0 aromatic rings. The van der Waals surface area contributed by atoms with Gasteiger partial charge in [-0.1, -0.05) is 0 Å². The quantitative estimate of drug-likeness (QED) is 0.0884. The molecular formula is C27H51NO13. The Morgan fingerprint density at radius 2 is 0.927 bits per heavy atom. The third kappa shape index (κ3) is 34.2. The zero-order chi connectivity index (χ0) is 30.4. The molecule has 0 atom stereocenters. The van der Waals surface area contributed by atoms with Crippen molar-refractivity contribution in [2.24, 2.45) is 0 Å². The van der Waals surface area contributed by atoms with Crippen molar-refractivity contribution in [3.63, 3.8) is 0 Å². The van der Waals surface area contributed by atoms with E-state index in [9.17, 15) is 14.4 Å². The number of carbonyl (C=O) groups is 3. The van der Waals surface area contributed by atoms with Crippen LogP contribution in [0.25, 0.3) is 0 Å². The minimum atomic E-state index is -0.985. The summed E-state index contributed by atoms with van der Waals surface area (Å²) < 4.78 is 48.2. The first-order valence-corrected chi connectivity index (χ1v) is 14.0. The summed E-state index contributed by atoms with van der Waals surface area (Å²) in [5, 5.41) is 11.2. The van der Waals surface area contributed by atoms with Crippen molar-refractivity contribution in [1.82, 2.24) is 5.32 Å². The first-order valence-electron chi connectivity index (χ1n) is 14.0. The highest BCUT2D eigenvalue weighted by Crippen LogP contribution is 2.06. The van der Waals surface area contributed by atoms with Gasteiger partial charge >= 0.3 is 11.9 Å². The molecule has 0 heterocycles. The lowest BCUT2D eigenvalue weighted by molar-refractivity contribution is -0.160. The van der Waals surface area contributed by atoms with Crippen LogP contribution in [0.1, 0.15) is 40.0 Å². The van der Waals surface area contributed by atoms with E-state index < -0.39 is 17.5 Å². The molecule has 0 radical (unpaired) electrons. The summed E-state index contributed by atoms with van der Waals surface area (Å²) in [6.45, 7) is 12.4. The predicted octanol–water partition coefficient (Wildman–Crippen LogP) is 0.832. The van der Waals surface area contributed by atoms with E-state index in [1.54, 1.807) is 20.8 Å². The van der Waals surface area contributed by atoms with Crippen LogP contribution < -0.4 is 5.32 Å². The van der Waals surface area contributed by atoms with Crippen LogP contribution in [0.2, 0.25) is 0 Å². The molecule has 0 spiro atoms. The van der Waals surface area contributed by atoms with Crippen LogP contribution in [-0.4, -0.2) is 141 Å². The summed E-state index contributed by atoms with van der Waals surface area (Å²) in [6, 6.07) is 0. The van der Waals surface area contributed by atoms with Crippen LogP contribution in [0.15, 0.2) is 0 Å². The van der Waals surface area contributed by atoms with Gasteiger partial charge in [0, 0.05) is 19.6 Å². The number of hydrogen-bond acceptors (Lipinski definition) is 12. The van der Waals surface area contributed by atoms with Gasteiger partial charge in [0.05, 0.1) is 98.9 Å². The van der Waals surface area contributed by atoms with Gasteiger partial charge in [0.1, 0.15) is 12.2 Å². The van der Waals surface area contributed by atoms with Gasteiger partial charge in [-0.3, -0.25) is 9.59 Å². The Morgan fingerprint density at radius 3 is 1.29 bits per heavy atom. The van der Waals surface area contributed by atoms with Gasteiger partial charge in [-0.2, -0.15) is 0 Å². The maximum absolute atomic E-state index is 11.5. The van der Waals surface area contributed by atoms with E-state index in [4.69, 9.17) is 47.7 Å². The second kappa shape index (κ2) is 28.2. The van der Waals surface area contributed by atoms with E-state index in [1.807, 2.05) is 0 Å². The number of aliphatic carboxylic acids is 1. The van der Waals surface area contributed by atoms with Crippen LogP contribution in [-0.2, 0) is 57.0 Å². The van der Waals surface area contributed by atoms with Gasteiger partial charge in [0.2, 0.25) is 5.91 Å². The number of amides is 1. The van der Waals surface area contributed by atoms with Crippen molar-refractivity contribution in [3.05, 3.63) is 0 Å². The fourth-order valence-electron chi connectivity index (χ4n) is 2.78. The average molecular weight is 598 g/mol. The lowest BCUT2D eigenvalue weighted by Crippen LogP contribution is -2.27. The SMILES string of the molecule is CC(C)(C)OC(=O)COCCOCCOCCOCCOCCOCCOCCOCCCNC(=O)CCC(=O)O. The van der Waals surface area contributed by atoms with Crippen LogP contribution in [0.4, 0.5) is 0 Å². The number of nitrogens with one attached hydrogen (secondary N) is 1. The summed E-state index contributed by atoms with van der Waals surface area (Å²) in [5.74, 6) is -1.65. The molecule has 14 nitrogen and oxygen atoms in total. The molecule has 0 aliphatic rings. The summed E-state index contributed by atoms with van der Waals surface area (Å²) in [4.78, 5) is 33.2. The minimum Gasteiger partial charge on any atom is -0.481 e. The Kier molecular flexibility index (Phi) is 26.9. The smallest absolute Gasteiger partial charge is 0.332 e. The lowest BCUT2D eigenvalue weighted by atomic mass is 10.2. The van der Waals surface area contributed by atoms with Crippen LogP contribution >= 0.6 is 0 Å². The molecule has 0 aliphatic carbocycles. The molecule has 0 saturated carbocycles. The van der Waals surface area contributed by atoms with Crippen molar-refractivity contribution >= 4 is 17.8 Å². The zero-order valence-electron chi connectivity index (χ0n) is 25.0. The molecular weight excluding hydrogens is 546 g/mol. The Bertz CT molecular complexity index is 643. The Balaban J connectivity index is 3.15. The summed E-state index contributed by atoms with van der Waals surface area (Å²) in [6.07, 6.45) is 0.470. The van der Waals surface area contributed by atoms with Gasteiger partial charge in [-0.25, -0.2) is 4.79 Å². The molecule has 14 heteroatoms. The predicted molar refractivity (Wildman–Crippen MR) is 147 cm³/mol. The summed E-state index contributed by atoms with van der Waals surface area (Å²) in [7, 11) is 0. The van der Waals surface area contributed by atoms with Crippen molar-refractivity contribution < 1.29 is 62.1 Å². The molecule has 0 saturated heterocycles. The molecule has 0 aliphatic heterocycles. The summed E-state index contributed by atoms with van der Waals surface area (Å²) >= 11 is 0. The zero-order valence-corrected chi connectivity index (χ0v) is 25.0. The maximum atomic E-state index is 11.5. The lowest BCUT2D eigenvalue weighted by Gasteiger charge is -2.19. The molecule has 41 heavy (non-hydrogen) atoms. The normalized spacial score (nSPS) is 11.5. The van der Waals surface area contributed by atoms with Gasteiger partial charge in [-0.05, 0) is 27.2 Å². The number of rotatable bonds is 30. The van der Waals surface area contributed by atoms with E-state index in [2.05, 4.69) is 5.32 Å². The highest BCUT2D eigenvalue weighted by molar-refractivity contribution is 5.80. The average Bonchev–Trinajstić information content (AvgIpc) is 2.90. The van der Waals surface area contributed by atoms with Crippen molar-refractivity contribution in [2.75, 3.05) is 112 Å². The van der Waals surface area contributed by atoms with E-state index in [0.717, 1.165) is 0 Å². The fraction of sp³-hybridized carbons (Fsp3) is 0.889. The molecule has 0 bridgehead atoms. The molecule has 0 aromatic heterocycles. The largest absolute Gasteiger partial charge is 0.481 e. The van der Waals surface area contributed by atoms with Crippen LogP contribution in [0, 0.1) is 0 Å². The monoisotopic (exact) mass is 597 g/mol. The molecule has 2 N–H and O–H groups in total. The van der Waals surface area contributed by atoms with Crippen molar-refractivity contribution in [3.8, 4) is 0 Å². The van der Waals surface area contributed by atoms with Crippen LogP contribution in [0.3, 0.4) is 0 Å². The van der Waals surface area contributed by atoms with E-state index in [-0.39, 0.29) is 25.4 Å². The second-order valence-electron chi connectivity index (χ2n) is 9.52. The van der Waals surface area contributed by atoms with E-state index in [1.165, 1.54) is 0 Å². The number of carboxylic acid groups (broad SMARTS) is 1. The molecule has 1 amide bonds. The van der Waals surface area contributed by atoms with Gasteiger partial charge in [-0.15, -0.1) is 0 Å². The van der Waals surface area contributed by atoms with Crippen molar-refractivity contribution in [1.29, 1.82) is 0 Å². The highest BCUT2D eigenvalue weighted by Gasteiger charge is 2.15. The number of carbonyl (C=O) groups excluding carboxylic acids is 2. The molecule has 0 unspecified atom stereocenters. The third-order valence-corrected chi connectivity index (χ3v) is 4.60. The Labute approximate surface area is 243 Å². The number of esters is 1. The topological polar surface area (TPSA) is 167 Å². The number of carboxylic acids is 1. The fourth-order valence-corrected chi connectivity index (χ4v) is 2.78. The Morgan fingerprint density at radius 1 is 0.561 bits per heavy atom. The van der Waals surface area contributed by atoms with Gasteiger partial charge in [0.25, 0.3) is 0 Å². The highest BCUT2D eigenvalue weighted by atomic mass is 16.6. The molecule has 0 aromatic carbocycles.